The van der Waals surface area contributed by atoms with Crippen LogP contribution in [0.1, 0.15) is 10.4 Å². The lowest BCUT2D eigenvalue weighted by atomic mass is 10.1. The van der Waals surface area contributed by atoms with Gasteiger partial charge in [-0.2, -0.15) is 0 Å². The van der Waals surface area contributed by atoms with Crippen molar-refractivity contribution in [2.75, 3.05) is 11.8 Å². The third-order valence-electron chi connectivity index (χ3n) is 2.89. The number of hydrogen-bond donors (Lipinski definition) is 2. The maximum absolute atomic E-state index is 12.9. The van der Waals surface area contributed by atoms with E-state index in [9.17, 15) is 17.6 Å². The Hall–Kier alpha value is -2.13. The van der Waals surface area contributed by atoms with Crippen LogP contribution in [0.5, 0.6) is 5.75 Å². The molecule has 122 valence electrons. The minimum atomic E-state index is -3.99. The number of rotatable bonds is 5. The van der Waals surface area contributed by atoms with Gasteiger partial charge in [0.25, 0.3) is 15.9 Å². The van der Waals surface area contributed by atoms with Crippen molar-refractivity contribution in [3.63, 3.8) is 0 Å². The van der Waals surface area contributed by atoms with E-state index in [1.165, 1.54) is 19.2 Å². The van der Waals surface area contributed by atoms with Crippen molar-refractivity contribution < 1.29 is 22.3 Å². The maximum atomic E-state index is 12.9. The molecule has 2 aromatic carbocycles. The van der Waals surface area contributed by atoms with Crippen LogP contribution in [0, 0.1) is 5.82 Å². The molecule has 0 atom stereocenters. The molecule has 0 unspecified atom stereocenters. The molecule has 0 radical (unpaired) electrons. The Morgan fingerprint density at radius 1 is 1.26 bits per heavy atom. The van der Waals surface area contributed by atoms with Crippen molar-refractivity contribution in [3.05, 3.63) is 52.3 Å². The molecule has 0 aliphatic rings. The van der Waals surface area contributed by atoms with Gasteiger partial charge in [0.15, 0.2) is 5.75 Å². The molecule has 0 aliphatic heterocycles. The number of carbonyl (C=O) groups excluding carboxylic acids is 1. The Morgan fingerprint density at radius 3 is 2.39 bits per heavy atom. The van der Waals surface area contributed by atoms with E-state index in [1.807, 2.05) is 0 Å². The molecule has 0 fully saturated rings. The monoisotopic (exact) mass is 402 g/mol. The molecule has 23 heavy (non-hydrogen) atoms. The summed E-state index contributed by atoms with van der Waals surface area (Å²) in [5.41, 5.74) is 5.30. The van der Waals surface area contributed by atoms with Crippen LogP contribution in [-0.4, -0.2) is 21.4 Å². The lowest BCUT2D eigenvalue weighted by Crippen LogP contribution is -2.17. The number of benzene rings is 2. The smallest absolute Gasteiger partial charge is 0.262 e. The van der Waals surface area contributed by atoms with Crippen LogP contribution < -0.4 is 15.2 Å². The topological polar surface area (TPSA) is 98.5 Å². The highest BCUT2D eigenvalue weighted by Crippen LogP contribution is 2.34. The third kappa shape index (κ3) is 3.80. The summed E-state index contributed by atoms with van der Waals surface area (Å²) >= 11 is 3.17. The van der Waals surface area contributed by atoms with Crippen molar-refractivity contribution >= 4 is 37.5 Å². The predicted molar refractivity (Wildman–Crippen MR) is 86.4 cm³/mol. The fourth-order valence-corrected chi connectivity index (χ4v) is 3.40. The van der Waals surface area contributed by atoms with Crippen LogP contribution in [0.3, 0.4) is 0 Å². The van der Waals surface area contributed by atoms with Crippen molar-refractivity contribution in [1.29, 1.82) is 0 Å². The molecule has 3 N–H and O–H groups in total. The molecule has 0 aliphatic carbocycles. The lowest BCUT2D eigenvalue weighted by Gasteiger charge is -2.15. The van der Waals surface area contributed by atoms with Crippen LogP contribution >= 0.6 is 15.9 Å². The Bertz CT molecular complexity index is 854. The molecular weight excluding hydrogens is 391 g/mol. The number of primary amides is 1. The molecule has 2 rings (SSSR count). The van der Waals surface area contributed by atoms with Crippen molar-refractivity contribution in [1.82, 2.24) is 0 Å². The first kappa shape index (κ1) is 17.2. The molecule has 0 aromatic heterocycles. The second-order valence-corrected chi connectivity index (χ2v) is 7.06. The highest BCUT2D eigenvalue weighted by Gasteiger charge is 2.21. The van der Waals surface area contributed by atoms with Gasteiger partial charge in [-0.05, 0) is 36.4 Å². The SMILES string of the molecule is COc1c(NS(=O)(=O)c2ccc(F)cc2)cc(Br)cc1C(N)=O. The van der Waals surface area contributed by atoms with Gasteiger partial charge in [0.05, 0.1) is 23.3 Å². The second-order valence-electron chi connectivity index (χ2n) is 4.46. The average Bonchev–Trinajstić information content (AvgIpc) is 2.46. The number of sulfonamides is 1. The van der Waals surface area contributed by atoms with E-state index >= 15 is 0 Å². The first-order chi connectivity index (χ1) is 10.7. The Kier molecular flexibility index (Phi) is 4.90. The first-order valence-electron chi connectivity index (χ1n) is 6.20. The van der Waals surface area contributed by atoms with Crippen molar-refractivity contribution in [3.8, 4) is 5.75 Å². The highest BCUT2D eigenvalue weighted by molar-refractivity contribution is 9.10. The van der Waals surface area contributed by atoms with Crippen LogP contribution in [0.2, 0.25) is 0 Å². The van der Waals surface area contributed by atoms with Gasteiger partial charge in [-0.15, -0.1) is 0 Å². The van der Waals surface area contributed by atoms with Crippen LogP contribution in [-0.2, 0) is 10.0 Å². The lowest BCUT2D eigenvalue weighted by molar-refractivity contribution is 0.0997. The van der Waals surface area contributed by atoms with Gasteiger partial charge < -0.3 is 10.5 Å². The van der Waals surface area contributed by atoms with E-state index in [4.69, 9.17) is 10.5 Å². The predicted octanol–water partition coefficient (Wildman–Crippen LogP) is 2.50. The van der Waals surface area contributed by atoms with Gasteiger partial charge in [0, 0.05) is 4.47 Å². The van der Waals surface area contributed by atoms with Gasteiger partial charge in [0.1, 0.15) is 5.82 Å². The number of carbonyl (C=O) groups is 1. The second kappa shape index (κ2) is 6.55. The van der Waals surface area contributed by atoms with E-state index < -0.39 is 21.7 Å². The minimum Gasteiger partial charge on any atom is -0.494 e. The molecule has 0 bridgehead atoms. The molecule has 0 spiro atoms. The van der Waals surface area contributed by atoms with E-state index in [0.717, 1.165) is 24.3 Å². The fourth-order valence-electron chi connectivity index (χ4n) is 1.89. The summed E-state index contributed by atoms with van der Waals surface area (Å²) in [7, 11) is -2.71. The van der Waals surface area contributed by atoms with Crippen LogP contribution in [0.25, 0.3) is 0 Å². The number of methoxy groups -OCH3 is 1. The molecule has 9 heteroatoms. The molecule has 0 saturated carbocycles. The zero-order valence-electron chi connectivity index (χ0n) is 11.8. The molecule has 0 heterocycles. The number of amides is 1. The Balaban J connectivity index is 2.50. The summed E-state index contributed by atoms with van der Waals surface area (Å²) in [6.07, 6.45) is 0. The number of ether oxygens (including phenoxy) is 1. The van der Waals surface area contributed by atoms with Crippen LogP contribution in [0.15, 0.2) is 45.8 Å². The highest BCUT2D eigenvalue weighted by atomic mass is 79.9. The van der Waals surface area contributed by atoms with Gasteiger partial charge in [-0.3, -0.25) is 9.52 Å². The Morgan fingerprint density at radius 2 is 1.87 bits per heavy atom. The van der Waals surface area contributed by atoms with E-state index in [0.29, 0.717) is 4.47 Å². The number of halogens is 2. The Labute approximate surface area is 140 Å². The summed E-state index contributed by atoms with van der Waals surface area (Å²) in [6.45, 7) is 0. The maximum Gasteiger partial charge on any atom is 0.262 e. The van der Waals surface area contributed by atoms with Crippen molar-refractivity contribution in [2.24, 2.45) is 5.73 Å². The summed E-state index contributed by atoms with van der Waals surface area (Å²) in [5, 5.41) is 0. The van der Waals surface area contributed by atoms with Crippen LogP contribution in [0.4, 0.5) is 10.1 Å². The summed E-state index contributed by atoms with van der Waals surface area (Å²) in [6, 6.07) is 7.14. The van der Waals surface area contributed by atoms with E-state index in [-0.39, 0.29) is 21.9 Å². The van der Waals surface area contributed by atoms with Gasteiger partial charge in [-0.1, -0.05) is 15.9 Å². The van der Waals surface area contributed by atoms with E-state index in [1.54, 1.807) is 0 Å². The van der Waals surface area contributed by atoms with Gasteiger partial charge >= 0.3 is 0 Å². The molecular formula is C14H12BrFN2O4S. The standard InChI is InChI=1S/C14H12BrFN2O4S/c1-22-13-11(14(17)19)6-8(15)7-12(13)18-23(20,21)10-4-2-9(16)3-5-10/h2-7,18H,1H3,(H2,17,19). The molecule has 1 amide bonds. The summed E-state index contributed by atoms with van der Waals surface area (Å²) < 4.78 is 45.4. The largest absolute Gasteiger partial charge is 0.494 e. The average molecular weight is 403 g/mol. The summed E-state index contributed by atoms with van der Waals surface area (Å²) in [4.78, 5) is 11.3. The fraction of sp³-hybridized carbons (Fsp3) is 0.0714. The zero-order chi connectivity index (χ0) is 17.2. The number of anilines is 1. The quantitative estimate of drug-likeness (QED) is 0.802. The number of hydrogen-bond acceptors (Lipinski definition) is 4. The zero-order valence-corrected chi connectivity index (χ0v) is 14.2. The molecule has 2 aromatic rings. The minimum absolute atomic E-state index is 0.00798. The molecule has 6 nitrogen and oxygen atoms in total. The summed E-state index contributed by atoms with van der Waals surface area (Å²) in [5.74, 6) is -1.34. The van der Waals surface area contributed by atoms with Gasteiger partial charge in [-0.25, -0.2) is 12.8 Å². The number of nitrogens with one attached hydrogen (secondary N) is 1. The third-order valence-corrected chi connectivity index (χ3v) is 4.73. The van der Waals surface area contributed by atoms with E-state index in [2.05, 4.69) is 20.7 Å². The number of nitrogens with two attached hydrogens (primary N) is 1. The molecule has 0 saturated heterocycles. The van der Waals surface area contributed by atoms with Crippen molar-refractivity contribution in [2.45, 2.75) is 4.90 Å². The normalized spacial score (nSPS) is 11.1. The van der Waals surface area contributed by atoms with Gasteiger partial charge in [0.2, 0.25) is 0 Å². The first-order valence-corrected chi connectivity index (χ1v) is 8.48.